The zero-order chi connectivity index (χ0) is 25.2. The minimum absolute atomic E-state index is 0.00525. The van der Waals surface area contributed by atoms with Crippen molar-refractivity contribution in [1.29, 1.82) is 0 Å². The normalized spacial score (nSPS) is 14.6. The van der Waals surface area contributed by atoms with Crippen molar-refractivity contribution in [3.8, 4) is 11.6 Å². The largest absolute Gasteiger partial charge is 0.438 e. The fourth-order valence-electron chi connectivity index (χ4n) is 4.06. The van der Waals surface area contributed by atoms with Gasteiger partial charge in [-0.05, 0) is 63.2 Å². The summed E-state index contributed by atoms with van der Waals surface area (Å²) in [6.45, 7) is 9.00. The Bertz CT molecular complexity index is 1330. The maximum absolute atomic E-state index is 13.0. The van der Waals surface area contributed by atoms with E-state index in [0.717, 1.165) is 42.9 Å². The highest BCUT2D eigenvalue weighted by atomic mass is 32.2. The van der Waals surface area contributed by atoms with Gasteiger partial charge >= 0.3 is 0 Å². The smallest absolute Gasteiger partial charge is 0.281 e. The van der Waals surface area contributed by atoms with E-state index in [0.29, 0.717) is 11.6 Å². The van der Waals surface area contributed by atoms with Gasteiger partial charge in [0.1, 0.15) is 17.1 Å². The lowest BCUT2D eigenvalue weighted by Gasteiger charge is -2.33. The van der Waals surface area contributed by atoms with E-state index in [1.807, 2.05) is 44.9 Å². The molecule has 3 heterocycles. The molecular formula is C25H29N5O4S. The molecule has 10 heteroatoms. The average molecular weight is 496 g/mol. The fourth-order valence-corrected chi connectivity index (χ4v) is 4.99. The summed E-state index contributed by atoms with van der Waals surface area (Å²) in [5.41, 5.74) is 2.86. The Kier molecular flexibility index (Phi) is 7.04. The first-order valence-electron chi connectivity index (χ1n) is 11.3. The second kappa shape index (κ2) is 10.0. The van der Waals surface area contributed by atoms with Gasteiger partial charge in [0, 0.05) is 32.4 Å². The Morgan fingerprint density at radius 2 is 1.69 bits per heavy atom. The molecule has 0 bridgehead atoms. The molecule has 4 rings (SSSR count). The topological polar surface area (TPSA) is 105 Å². The number of pyridine rings is 2. The number of likely N-dealkylation sites (N-methyl/N-ethyl adjacent to an activating group) is 1. The summed E-state index contributed by atoms with van der Waals surface area (Å²) in [5.74, 6) is 0.314. The lowest BCUT2D eigenvalue weighted by Crippen LogP contribution is -2.45. The number of rotatable bonds is 6. The molecule has 0 aliphatic carbocycles. The number of aryl methyl sites for hydroxylation is 3. The first kappa shape index (κ1) is 24.6. The number of ether oxygens (including phenoxy) is 1. The molecule has 1 saturated heterocycles. The van der Waals surface area contributed by atoms with Crippen LogP contribution in [0.4, 0.5) is 5.82 Å². The first-order chi connectivity index (χ1) is 16.6. The van der Waals surface area contributed by atoms with Crippen LogP contribution in [-0.2, 0) is 10.0 Å². The van der Waals surface area contributed by atoms with Gasteiger partial charge in [0.2, 0.25) is 5.88 Å². The summed E-state index contributed by atoms with van der Waals surface area (Å²) in [6.07, 6.45) is 1.49. The van der Waals surface area contributed by atoms with Gasteiger partial charge in [-0.25, -0.2) is 14.7 Å². The Hall–Kier alpha value is -3.50. The Labute approximate surface area is 205 Å². The number of hydrogen-bond acceptors (Lipinski definition) is 8. The third-order valence-corrected chi connectivity index (χ3v) is 7.09. The highest BCUT2D eigenvalue weighted by Crippen LogP contribution is 2.30. The maximum atomic E-state index is 13.0. The van der Waals surface area contributed by atoms with Gasteiger partial charge in [0.05, 0.1) is 0 Å². The molecular weight excluding hydrogens is 466 g/mol. The second-order valence-corrected chi connectivity index (χ2v) is 10.4. The second-order valence-electron chi connectivity index (χ2n) is 8.74. The molecule has 0 unspecified atom stereocenters. The van der Waals surface area contributed by atoms with Crippen LogP contribution in [0.2, 0.25) is 0 Å². The van der Waals surface area contributed by atoms with E-state index in [-0.39, 0.29) is 16.5 Å². The van der Waals surface area contributed by atoms with Gasteiger partial charge in [-0.2, -0.15) is 8.42 Å². The summed E-state index contributed by atoms with van der Waals surface area (Å²) in [4.78, 5) is 25.8. The van der Waals surface area contributed by atoms with Crippen LogP contribution in [-0.4, -0.2) is 62.4 Å². The van der Waals surface area contributed by atoms with Crippen LogP contribution in [0.15, 0.2) is 53.7 Å². The third-order valence-electron chi connectivity index (χ3n) is 5.86. The van der Waals surface area contributed by atoms with Crippen LogP contribution >= 0.6 is 0 Å². The van der Waals surface area contributed by atoms with Crippen LogP contribution in [0.3, 0.4) is 0 Å². The molecule has 184 valence electrons. The van der Waals surface area contributed by atoms with Crippen molar-refractivity contribution in [3.63, 3.8) is 0 Å². The molecule has 2 aromatic heterocycles. The van der Waals surface area contributed by atoms with E-state index in [4.69, 9.17) is 4.74 Å². The van der Waals surface area contributed by atoms with Crippen molar-refractivity contribution < 1.29 is 17.9 Å². The zero-order valence-corrected chi connectivity index (χ0v) is 21.1. The monoisotopic (exact) mass is 495 g/mol. The van der Waals surface area contributed by atoms with E-state index in [1.165, 1.54) is 18.3 Å². The molecule has 35 heavy (non-hydrogen) atoms. The number of amides is 1. The molecule has 1 fully saturated rings. The van der Waals surface area contributed by atoms with Crippen LogP contribution in [0.25, 0.3) is 0 Å². The summed E-state index contributed by atoms with van der Waals surface area (Å²) in [5, 5.41) is -0.223. The Morgan fingerprint density at radius 1 is 1.00 bits per heavy atom. The number of piperazine rings is 1. The summed E-state index contributed by atoms with van der Waals surface area (Å²) < 4.78 is 34.2. The molecule has 0 radical (unpaired) electrons. The van der Waals surface area contributed by atoms with E-state index >= 15 is 0 Å². The van der Waals surface area contributed by atoms with Crippen molar-refractivity contribution in [2.24, 2.45) is 0 Å². The van der Waals surface area contributed by atoms with E-state index in [1.54, 1.807) is 18.2 Å². The van der Waals surface area contributed by atoms with Crippen molar-refractivity contribution in [2.75, 3.05) is 38.1 Å². The van der Waals surface area contributed by atoms with Gasteiger partial charge < -0.3 is 14.5 Å². The van der Waals surface area contributed by atoms with E-state index in [2.05, 4.69) is 19.6 Å². The molecule has 0 atom stereocenters. The average Bonchev–Trinajstić information content (AvgIpc) is 2.82. The predicted molar refractivity (Wildman–Crippen MR) is 134 cm³/mol. The van der Waals surface area contributed by atoms with Gasteiger partial charge in [0.15, 0.2) is 5.03 Å². The molecule has 1 amide bonds. The van der Waals surface area contributed by atoms with Crippen LogP contribution in [0, 0.1) is 20.8 Å². The number of aromatic nitrogens is 2. The highest BCUT2D eigenvalue weighted by Gasteiger charge is 2.25. The SMILES string of the molecule is Cc1cc(C)c(Oc2ncccc2C(=O)NS(=O)(=O)c2cccc(N3CCN(C)CC3)n2)c(C)c1. The molecule has 3 aromatic rings. The number of anilines is 1. The van der Waals surface area contributed by atoms with Gasteiger partial charge in [-0.15, -0.1) is 0 Å². The molecule has 1 N–H and O–H groups in total. The number of benzene rings is 1. The quantitative estimate of drug-likeness (QED) is 0.556. The zero-order valence-electron chi connectivity index (χ0n) is 20.3. The minimum atomic E-state index is -4.22. The Balaban J connectivity index is 1.56. The molecule has 1 aromatic carbocycles. The van der Waals surface area contributed by atoms with Crippen molar-refractivity contribution >= 4 is 21.7 Å². The fraction of sp³-hybridized carbons (Fsp3) is 0.320. The van der Waals surface area contributed by atoms with Gasteiger partial charge in [-0.3, -0.25) is 4.79 Å². The van der Waals surface area contributed by atoms with Crippen LogP contribution in [0.5, 0.6) is 11.6 Å². The van der Waals surface area contributed by atoms with Crippen molar-refractivity contribution in [3.05, 3.63) is 70.9 Å². The number of nitrogens with one attached hydrogen (secondary N) is 1. The first-order valence-corrected chi connectivity index (χ1v) is 12.8. The van der Waals surface area contributed by atoms with Crippen LogP contribution in [0.1, 0.15) is 27.0 Å². The van der Waals surface area contributed by atoms with E-state index < -0.39 is 15.9 Å². The lowest BCUT2D eigenvalue weighted by molar-refractivity contribution is 0.0978. The van der Waals surface area contributed by atoms with E-state index in [9.17, 15) is 13.2 Å². The Morgan fingerprint density at radius 3 is 2.37 bits per heavy atom. The van der Waals surface area contributed by atoms with Gasteiger partial charge in [-0.1, -0.05) is 23.8 Å². The predicted octanol–water partition coefficient (Wildman–Crippen LogP) is 3.06. The number of hydrogen-bond donors (Lipinski definition) is 1. The maximum Gasteiger partial charge on any atom is 0.281 e. The minimum Gasteiger partial charge on any atom is -0.438 e. The third kappa shape index (κ3) is 5.60. The molecule has 9 nitrogen and oxygen atoms in total. The number of carbonyl (C=O) groups is 1. The van der Waals surface area contributed by atoms with Crippen molar-refractivity contribution in [2.45, 2.75) is 25.8 Å². The van der Waals surface area contributed by atoms with Gasteiger partial charge in [0.25, 0.3) is 15.9 Å². The summed E-state index contributed by atoms with van der Waals surface area (Å²) in [6, 6.07) is 11.7. The molecule has 0 spiro atoms. The summed E-state index contributed by atoms with van der Waals surface area (Å²) >= 11 is 0. The van der Waals surface area contributed by atoms with Crippen molar-refractivity contribution in [1.82, 2.24) is 19.6 Å². The highest BCUT2D eigenvalue weighted by molar-refractivity contribution is 7.90. The molecule has 1 aliphatic heterocycles. The molecule has 0 saturated carbocycles. The summed E-state index contributed by atoms with van der Waals surface area (Å²) in [7, 11) is -2.18. The number of carbonyl (C=O) groups excluding carboxylic acids is 1. The van der Waals surface area contributed by atoms with Crippen LogP contribution < -0.4 is 14.4 Å². The molecule has 1 aliphatic rings. The standard InChI is InChI=1S/C25H29N5O4S/c1-17-15-18(2)23(19(3)16-17)34-25-20(7-6-10-26-25)24(31)28-35(32,33)22-9-5-8-21(27-22)30-13-11-29(4)12-14-30/h5-10,15-16H,11-14H2,1-4H3,(H,28,31). The number of sulfonamides is 1. The lowest BCUT2D eigenvalue weighted by atomic mass is 10.1. The number of nitrogens with zero attached hydrogens (tertiary/aromatic N) is 4.